The lowest BCUT2D eigenvalue weighted by molar-refractivity contribution is 0.196. The monoisotopic (exact) mass is 271 g/mol. The van der Waals surface area contributed by atoms with Crippen LogP contribution < -0.4 is 0 Å². The van der Waals surface area contributed by atoms with Crippen molar-refractivity contribution in [2.24, 2.45) is 0 Å². The maximum atomic E-state index is 9.76. The zero-order valence-electron chi connectivity index (χ0n) is 10.7. The number of hydrogen-bond donors (Lipinski definition) is 1. The van der Waals surface area contributed by atoms with Crippen LogP contribution in [0.2, 0.25) is 0 Å². The lowest BCUT2D eigenvalue weighted by atomic mass is 10.1. The normalized spacial score (nSPS) is 11.9. The van der Waals surface area contributed by atoms with Crippen LogP contribution >= 0.6 is 11.8 Å². The standard InChI is InChI=1S/C14H13N3OS/c1-9-5-6-16-14(17-9)19-13-7-11(8-15)3-4-12(13)10(2)18/h3-7,10,18H,1-2H3/t10-/m1/s1. The number of aromatic nitrogens is 2. The van der Waals surface area contributed by atoms with Crippen LogP contribution in [0.15, 0.2) is 40.5 Å². The Kier molecular flexibility index (Phi) is 4.15. The summed E-state index contributed by atoms with van der Waals surface area (Å²) in [6.07, 6.45) is 1.10. The highest BCUT2D eigenvalue weighted by molar-refractivity contribution is 7.99. The minimum absolute atomic E-state index is 0.555. The third kappa shape index (κ3) is 3.31. The molecule has 19 heavy (non-hydrogen) atoms. The molecule has 0 amide bonds. The summed E-state index contributed by atoms with van der Waals surface area (Å²) in [6.45, 7) is 3.59. The van der Waals surface area contributed by atoms with Crippen molar-refractivity contribution in [3.8, 4) is 6.07 Å². The Morgan fingerprint density at radius 2 is 2.16 bits per heavy atom. The molecule has 0 saturated carbocycles. The van der Waals surface area contributed by atoms with Crippen molar-refractivity contribution >= 4 is 11.8 Å². The first kappa shape index (κ1) is 13.5. The van der Waals surface area contributed by atoms with E-state index in [4.69, 9.17) is 5.26 Å². The molecule has 1 heterocycles. The van der Waals surface area contributed by atoms with E-state index in [1.807, 2.05) is 13.0 Å². The molecule has 0 unspecified atom stereocenters. The minimum Gasteiger partial charge on any atom is -0.389 e. The molecule has 0 bridgehead atoms. The summed E-state index contributed by atoms with van der Waals surface area (Å²) in [5.74, 6) is 0. The third-order valence-corrected chi connectivity index (χ3v) is 3.52. The van der Waals surface area contributed by atoms with Gasteiger partial charge in [0, 0.05) is 16.8 Å². The smallest absolute Gasteiger partial charge is 0.192 e. The molecular weight excluding hydrogens is 258 g/mol. The third-order valence-electron chi connectivity index (χ3n) is 2.57. The Morgan fingerprint density at radius 1 is 1.37 bits per heavy atom. The second kappa shape index (κ2) is 5.83. The highest BCUT2D eigenvalue weighted by Gasteiger charge is 2.11. The van der Waals surface area contributed by atoms with Gasteiger partial charge in [0.1, 0.15) is 0 Å². The summed E-state index contributed by atoms with van der Waals surface area (Å²) < 4.78 is 0. The van der Waals surface area contributed by atoms with Crippen LogP contribution in [-0.2, 0) is 0 Å². The molecule has 5 heteroatoms. The number of aliphatic hydroxyl groups is 1. The van der Waals surface area contributed by atoms with Crippen molar-refractivity contribution in [2.75, 3.05) is 0 Å². The minimum atomic E-state index is -0.597. The zero-order chi connectivity index (χ0) is 13.8. The predicted molar refractivity (Wildman–Crippen MR) is 72.7 cm³/mol. The van der Waals surface area contributed by atoms with Crippen LogP contribution in [0.4, 0.5) is 0 Å². The fraction of sp³-hybridized carbons (Fsp3) is 0.214. The van der Waals surface area contributed by atoms with E-state index in [0.717, 1.165) is 16.2 Å². The lowest BCUT2D eigenvalue weighted by Crippen LogP contribution is -1.96. The Hall–Kier alpha value is -1.90. The molecule has 0 aliphatic carbocycles. The van der Waals surface area contributed by atoms with E-state index in [-0.39, 0.29) is 0 Å². The number of benzene rings is 1. The van der Waals surface area contributed by atoms with Gasteiger partial charge >= 0.3 is 0 Å². The van der Waals surface area contributed by atoms with Crippen LogP contribution in [0.25, 0.3) is 0 Å². The van der Waals surface area contributed by atoms with E-state index >= 15 is 0 Å². The Balaban J connectivity index is 2.40. The van der Waals surface area contributed by atoms with E-state index in [1.54, 1.807) is 31.3 Å². The summed E-state index contributed by atoms with van der Waals surface area (Å²) in [6, 6.07) is 9.13. The van der Waals surface area contributed by atoms with Crippen molar-refractivity contribution in [3.63, 3.8) is 0 Å². The largest absolute Gasteiger partial charge is 0.389 e. The summed E-state index contributed by atoms with van der Waals surface area (Å²) in [7, 11) is 0. The lowest BCUT2D eigenvalue weighted by Gasteiger charge is -2.11. The maximum absolute atomic E-state index is 9.76. The number of aliphatic hydroxyl groups excluding tert-OH is 1. The summed E-state index contributed by atoms with van der Waals surface area (Å²) >= 11 is 1.35. The molecule has 1 aromatic heterocycles. The fourth-order valence-electron chi connectivity index (χ4n) is 1.61. The molecule has 1 atom stereocenters. The molecule has 1 N–H and O–H groups in total. The second-order valence-electron chi connectivity index (χ2n) is 4.12. The summed E-state index contributed by atoms with van der Waals surface area (Å²) in [5.41, 5.74) is 2.21. The van der Waals surface area contributed by atoms with Crippen LogP contribution in [0, 0.1) is 18.3 Å². The first-order valence-electron chi connectivity index (χ1n) is 5.80. The average molecular weight is 271 g/mol. The van der Waals surface area contributed by atoms with Crippen molar-refractivity contribution in [1.82, 2.24) is 9.97 Å². The van der Waals surface area contributed by atoms with Gasteiger partial charge < -0.3 is 5.11 Å². The number of aryl methyl sites for hydroxylation is 1. The van der Waals surface area contributed by atoms with Gasteiger partial charge in [-0.05, 0) is 49.4 Å². The van der Waals surface area contributed by atoms with Gasteiger partial charge in [0.15, 0.2) is 5.16 Å². The number of nitrogens with zero attached hydrogens (tertiary/aromatic N) is 3. The molecule has 0 saturated heterocycles. The molecule has 0 spiro atoms. The SMILES string of the molecule is Cc1ccnc(Sc2cc(C#N)ccc2[C@@H](C)O)n1. The van der Waals surface area contributed by atoms with Crippen LogP contribution in [0.1, 0.15) is 29.8 Å². The van der Waals surface area contributed by atoms with Gasteiger partial charge in [-0.2, -0.15) is 5.26 Å². The van der Waals surface area contributed by atoms with Crippen molar-refractivity contribution in [3.05, 3.63) is 47.3 Å². The predicted octanol–water partition coefficient (Wildman–Crippen LogP) is 2.86. The Bertz CT molecular complexity index is 635. The topological polar surface area (TPSA) is 69.8 Å². The number of hydrogen-bond acceptors (Lipinski definition) is 5. The van der Waals surface area contributed by atoms with Crippen molar-refractivity contribution < 1.29 is 5.11 Å². The van der Waals surface area contributed by atoms with Crippen molar-refractivity contribution in [1.29, 1.82) is 5.26 Å². The Labute approximate surface area is 116 Å². The molecule has 1 aromatic carbocycles. The highest BCUT2D eigenvalue weighted by atomic mass is 32.2. The van der Waals surface area contributed by atoms with Gasteiger partial charge in [0.05, 0.1) is 17.7 Å². The first-order chi connectivity index (χ1) is 9.10. The van der Waals surface area contributed by atoms with Crippen LogP contribution in [0.5, 0.6) is 0 Å². The average Bonchev–Trinajstić information content (AvgIpc) is 2.38. The molecule has 2 aromatic rings. The maximum Gasteiger partial charge on any atom is 0.192 e. The van der Waals surface area contributed by atoms with Gasteiger partial charge in [0.2, 0.25) is 0 Å². The van der Waals surface area contributed by atoms with Crippen molar-refractivity contribution in [2.45, 2.75) is 30.0 Å². The summed E-state index contributed by atoms with van der Waals surface area (Å²) in [5, 5.41) is 19.3. The van der Waals surface area contributed by atoms with Gasteiger partial charge in [-0.15, -0.1) is 0 Å². The van der Waals surface area contributed by atoms with E-state index in [2.05, 4.69) is 16.0 Å². The molecule has 0 aliphatic rings. The number of nitriles is 1. The molecule has 0 aliphatic heterocycles. The Morgan fingerprint density at radius 3 is 2.79 bits per heavy atom. The van der Waals surface area contributed by atoms with E-state index in [0.29, 0.717) is 10.7 Å². The second-order valence-corrected chi connectivity index (χ2v) is 5.13. The zero-order valence-corrected chi connectivity index (χ0v) is 11.5. The van der Waals surface area contributed by atoms with Gasteiger partial charge in [-0.3, -0.25) is 0 Å². The van der Waals surface area contributed by atoms with Crippen LogP contribution in [0.3, 0.4) is 0 Å². The molecule has 2 rings (SSSR count). The fourth-order valence-corrected chi connectivity index (χ4v) is 2.65. The molecular formula is C14H13N3OS. The highest BCUT2D eigenvalue weighted by Crippen LogP contribution is 2.32. The van der Waals surface area contributed by atoms with Gasteiger partial charge in [-0.25, -0.2) is 9.97 Å². The molecule has 0 fully saturated rings. The molecule has 0 radical (unpaired) electrons. The van der Waals surface area contributed by atoms with Crippen LogP contribution in [-0.4, -0.2) is 15.1 Å². The molecule has 96 valence electrons. The van der Waals surface area contributed by atoms with E-state index < -0.39 is 6.10 Å². The number of rotatable bonds is 3. The van der Waals surface area contributed by atoms with E-state index in [9.17, 15) is 5.11 Å². The summed E-state index contributed by atoms with van der Waals surface area (Å²) in [4.78, 5) is 9.30. The van der Waals surface area contributed by atoms with E-state index in [1.165, 1.54) is 11.8 Å². The van der Waals surface area contributed by atoms with Gasteiger partial charge in [0.25, 0.3) is 0 Å². The van der Waals surface area contributed by atoms with Gasteiger partial charge in [-0.1, -0.05) is 6.07 Å². The molecule has 4 nitrogen and oxygen atoms in total. The first-order valence-corrected chi connectivity index (χ1v) is 6.61. The quantitative estimate of drug-likeness (QED) is 0.869.